The summed E-state index contributed by atoms with van der Waals surface area (Å²) in [6.07, 6.45) is 6.08. The molecule has 0 aliphatic carbocycles. The molecule has 0 saturated heterocycles. The van der Waals surface area contributed by atoms with E-state index < -0.39 is 23.7 Å². The van der Waals surface area contributed by atoms with E-state index in [0.29, 0.717) is 32.4 Å². The summed E-state index contributed by atoms with van der Waals surface area (Å²) in [6, 6.07) is 9.63. The highest BCUT2D eigenvalue weighted by molar-refractivity contribution is 5.89. The summed E-state index contributed by atoms with van der Waals surface area (Å²) in [5.74, 6) is -2.44. The van der Waals surface area contributed by atoms with E-state index in [1.165, 1.54) is 5.01 Å². The highest BCUT2D eigenvalue weighted by Gasteiger charge is 2.34. The zero-order valence-corrected chi connectivity index (χ0v) is 21.0. The van der Waals surface area contributed by atoms with Gasteiger partial charge >= 0.3 is 0 Å². The number of nitrogens with one attached hydrogen (secondary N) is 2. The molecule has 3 amide bonds. The van der Waals surface area contributed by atoms with Crippen LogP contribution in [0.2, 0.25) is 0 Å². The number of hydrogen-bond acceptors (Lipinski definition) is 5. The summed E-state index contributed by atoms with van der Waals surface area (Å²) in [5.41, 5.74) is 11.0. The standard InChI is InChI=1S/C26H42N4O4/c1-19(2)17-23(22(26(33)29-34)14-10-13-21-11-6-5-7-12-21)25(32)28-30(18-20(3)4)24(31)15-8-9-16-27/h5-7,10-13,19-20,22-23,34H,8-9,14-18,27H2,1-4H3,(H,28,32)(H,29,33)/t22-,23+/m0/s1. The predicted octanol–water partition coefficient (Wildman–Crippen LogP) is 3.52. The molecule has 2 atom stereocenters. The summed E-state index contributed by atoms with van der Waals surface area (Å²) >= 11 is 0. The lowest BCUT2D eigenvalue weighted by atomic mass is 9.82. The minimum atomic E-state index is -0.791. The molecule has 0 spiro atoms. The van der Waals surface area contributed by atoms with E-state index in [0.717, 1.165) is 12.0 Å². The number of nitrogens with zero attached hydrogens (tertiary/aromatic N) is 1. The maximum Gasteiger partial charge on any atom is 0.247 e. The first-order valence-corrected chi connectivity index (χ1v) is 12.2. The molecule has 0 bridgehead atoms. The topological polar surface area (TPSA) is 125 Å². The second kappa shape index (κ2) is 16.0. The minimum Gasteiger partial charge on any atom is -0.330 e. The molecule has 8 heteroatoms. The van der Waals surface area contributed by atoms with Crippen LogP contribution < -0.4 is 16.6 Å². The quantitative estimate of drug-likeness (QED) is 0.187. The van der Waals surface area contributed by atoms with Crippen LogP contribution in [0.25, 0.3) is 6.08 Å². The van der Waals surface area contributed by atoms with Crippen molar-refractivity contribution in [2.75, 3.05) is 13.1 Å². The van der Waals surface area contributed by atoms with Gasteiger partial charge in [0.15, 0.2) is 0 Å². The van der Waals surface area contributed by atoms with Gasteiger partial charge in [-0.2, -0.15) is 0 Å². The van der Waals surface area contributed by atoms with Gasteiger partial charge in [-0.15, -0.1) is 0 Å². The number of carbonyl (C=O) groups excluding carboxylic acids is 3. The molecule has 190 valence electrons. The van der Waals surface area contributed by atoms with Gasteiger partial charge in [0.05, 0.1) is 11.8 Å². The first kappa shape index (κ1) is 29.3. The molecule has 8 nitrogen and oxygen atoms in total. The summed E-state index contributed by atoms with van der Waals surface area (Å²) in [6.45, 7) is 8.75. The SMILES string of the molecule is CC(C)C[C@@H](C(=O)NN(CC(C)C)C(=O)CCCCN)[C@H](CC=Cc1ccccc1)C(=O)NO. The van der Waals surface area contributed by atoms with Crippen LogP contribution in [-0.4, -0.2) is 41.0 Å². The van der Waals surface area contributed by atoms with Crippen molar-refractivity contribution < 1.29 is 19.6 Å². The third kappa shape index (κ3) is 10.9. The minimum absolute atomic E-state index is 0.127. The first-order valence-electron chi connectivity index (χ1n) is 12.2. The molecule has 34 heavy (non-hydrogen) atoms. The van der Waals surface area contributed by atoms with Crippen molar-refractivity contribution in [2.45, 2.75) is 59.8 Å². The molecule has 5 N–H and O–H groups in total. The number of allylic oxidation sites excluding steroid dienone is 1. The number of carbonyl (C=O) groups is 3. The average Bonchev–Trinajstić information content (AvgIpc) is 2.80. The summed E-state index contributed by atoms with van der Waals surface area (Å²) in [5, 5.41) is 10.7. The zero-order chi connectivity index (χ0) is 25.5. The largest absolute Gasteiger partial charge is 0.330 e. The lowest BCUT2D eigenvalue weighted by Crippen LogP contribution is -2.52. The molecule has 0 fully saturated rings. The van der Waals surface area contributed by atoms with Crippen molar-refractivity contribution in [3.05, 3.63) is 42.0 Å². The van der Waals surface area contributed by atoms with Gasteiger partial charge in [0.25, 0.3) is 0 Å². The van der Waals surface area contributed by atoms with E-state index in [2.05, 4.69) is 5.43 Å². The van der Waals surface area contributed by atoms with E-state index in [1.807, 2.05) is 70.2 Å². The second-order valence-corrected chi connectivity index (χ2v) is 9.49. The van der Waals surface area contributed by atoms with Crippen molar-refractivity contribution in [3.63, 3.8) is 0 Å². The summed E-state index contributed by atoms with van der Waals surface area (Å²) in [4.78, 5) is 38.7. The number of benzene rings is 1. The average molecular weight is 475 g/mol. The van der Waals surface area contributed by atoms with E-state index in [-0.39, 0.29) is 24.2 Å². The molecule has 0 aliphatic heterocycles. The molecule has 0 saturated carbocycles. The van der Waals surface area contributed by atoms with Gasteiger partial charge in [0.1, 0.15) is 0 Å². The number of amides is 3. The maximum absolute atomic E-state index is 13.4. The molecule has 0 heterocycles. The highest BCUT2D eigenvalue weighted by Crippen LogP contribution is 2.26. The Bertz CT molecular complexity index is 780. The van der Waals surface area contributed by atoms with Gasteiger partial charge in [0, 0.05) is 13.0 Å². The number of rotatable bonds is 14. The fourth-order valence-corrected chi connectivity index (χ4v) is 3.76. The van der Waals surface area contributed by atoms with Gasteiger partial charge in [0.2, 0.25) is 17.7 Å². The number of hydrogen-bond donors (Lipinski definition) is 4. The Morgan fingerprint density at radius 2 is 1.68 bits per heavy atom. The molecule has 0 radical (unpaired) electrons. The van der Waals surface area contributed by atoms with Gasteiger partial charge < -0.3 is 5.73 Å². The fraction of sp³-hybridized carbons (Fsp3) is 0.577. The maximum atomic E-state index is 13.4. The molecule has 0 aliphatic rings. The fourth-order valence-electron chi connectivity index (χ4n) is 3.76. The van der Waals surface area contributed by atoms with Crippen LogP contribution in [-0.2, 0) is 14.4 Å². The van der Waals surface area contributed by atoms with Crippen LogP contribution in [0, 0.1) is 23.7 Å². The van der Waals surface area contributed by atoms with Crippen LogP contribution in [0.3, 0.4) is 0 Å². The molecule has 1 aromatic rings. The molecule has 1 aromatic carbocycles. The number of hydroxylamine groups is 1. The Morgan fingerprint density at radius 3 is 2.24 bits per heavy atom. The Kier molecular flexibility index (Phi) is 13.8. The van der Waals surface area contributed by atoms with Crippen LogP contribution in [0.15, 0.2) is 36.4 Å². The zero-order valence-electron chi connectivity index (χ0n) is 21.0. The lowest BCUT2D eigenvalue weighted by molar-refractivity contribution is -0.148. The van der Waals surface area contributed by atoms with E-state index in [1.54, 1.807) is 5.48 Å². The third-order valence-electron chi connectivity index (χ3n) is 5.43. The van der Waals surface area contributed by atoms with Crippen molar-refractivity contribution in [1.29, 1.82) is 0 Å². The molecule has 0 aromatic heterocycles. The Labute approximate surface area is 203 Å². The summed E-state index contributed by atoms with van der Waals surface area (Å²) in [7, 11) is 0. The van der Waals surface area contributed by atoms with Crippen molar-refractivity contribution in [3.8, 4) is 0 Å². The van der Waals surface area contributed by atoms with Crippen LogP contribution in [0.1, 0.15) is 65.4 Å². The van der Waals surface area contributed by atoms with Gasteiger partial charge in [-0.05, 0) is 49.6 Å². The Morgan fingerprint density at radius 1 is 1.00 bits per heavy atom. The predicted molar refractivity (Wildman–Crippen MR) is 134 cm³/mol. The third-order valence-corrected chi connectivity index (χ3v) is 5.43. The van der Waals surface area contributed by atoms with E-state index in [9.17, 15) is 19.6 Å². The highest BCUT2D eigenvalue weighted by atomic mass is 16.5. The van der Waals surface area contributed by atoms with E-state index >= 15 is 0 Å². The van der Waals surface area contributed by atoms with Crippen molar-refractivity contribution in [2.24, 2.45) is 29.4 Å². The monoisotopic (exact) mass is 474 g/mol. The smallest absolute Gasteiger partial charge is 0.247 e. The molecular weight excluding hydrogens is 432 g/mol. The van der Waals surface area contributed by atoms with E-state index in [4.69, 9.17) is 5.73 Å². The Hall–Kier alpha value is -2.71. The normalized spacial score (nSPS) is 13.2. The first-order chi connectivity index (χ1) is 16.2. The van der Waals surface area contributed by atoms with Crippen LogP contribution in [0.5, 0.6) is 0 Å². The molecule has 0 unspecified atom stereocenters. The van der Waals surface area contributed by atoms with Gasteiger partial charge in [-0.3, -0.25) is 30.0 Å². The number of hydrazine groups is 1. The van der Waals surface area contributed by atoms with Crippen molar-refractivity contribution >= 4 is 23.8 Å². The van der Waals surface area contributed by atoms with Crippen molar-refractivity contribution in [1.82, 2.24) is 15.9 Å². The van der Waals surface area contributed by atoms with Crippen LogP contribution in [0.4, 0.5) is 0 Å². The van der Waals surface area contributed by atoms with Gasteiger partial charge in [-0.25, -0.2) is 5.48 Å². The molecule has 1 rings (SSSR count). The Balaban J connectivity index is 3.08. The second-order valence-electron chi connectivity index (χ2n) is 9.49. The summed E-state index contributed by atoms with van der Waals surface area (Å²) < 4.78 is 0. The van der Waals surface area contributed by atoms with Crippen LogP contribution >= 0.6 is 0 Å². The van der Waals surface area contributed by atoms with Gasteiger partial charge in [-0.1, -0.05) is 70.2 Å². The number of nitrogens with two attached hydrogens (primary N) is 1. The number of unbranched alkanes of at least 4 members (excludes halogenated alkanes) is 1. The lowest BCUT2D eigenvalue weighted by Gasteiger charge is -2.30. The molecular formula is C26H42N4O4.